The van der Waals surface area contributed by atoms with Crippen molar-refractivity contribution in [1.29, 1.82) is 0 Å². The number of hydrogen-bond donors (Lipinski definition) is 0. The zero-order valence-corrected chi connectivity index (χ0v) is 8.65. The number of rotatable bonds is 3. The molecule has 2 heterocycles. The van der Waals surface area contributed by atoms with Crippen LogP contribution in [0.3, 0.4) is 0 Å². The summed E-state index contributed by atoms with van der Waals surface area (Å²) in [6.45, 7) is 0.945. The molecule has 1 aromatic heterocycles. The minimum atomic E-state index is 0.0387. The predicted molar refractivity (Wildman–Crippen MR) is 58.7 cm³/mol. The lowest BCUT2D eigenvalue weighted by molar-refractivity contribution is -0.117. The zero-order valence-electron chi connectivity index (χ0n) is 8.65. The van der Waals surface area contributed by atoms with E-state index >= 15 is 0 Å². The maximum Gasteiger partial charge on any atom is 0.228 e. The van der Waals surface area contributed by atoms with E-state index in [1.807, 2.05) is 12.1 Å². The van der Waals surface area contributed by atoms with Crippen molar-refractivity contribution in [1.82, 2.24) is 4.98 Å². The normalized spacial score (nSPS) is 19.6. The van der Waals surface area contributed by atoms with E-state index in [0.717, 1.165) is 0 Å². The number of anilines is 1. The molecule has 82 valence electrons. The van der Waals surface area contributed by atoms with Crippen LogP contribution in [0.2, 0.25) is 0 Å². The van der Waals surface area contributed by atoms with Crippen molar-refractivity contribution in [3.63, 3.8) is 0 Å². The van der Waals surface area contributed by atoms with E-state index in [0.29, 0.717) is 25.3 Å². The molecule has 1 aromatic rings. The molecular weight excluding hydrogens is 206 g/mol. The van der Waals surface area contributed by atoms with Gasteiger partial charge in [0.2, 0.25) is 5.91 Å². The molecule has 0 aliphatic carbocycles. The fraction of sp³-hybridized carbons (Fsp3) is 0.400. The fourth-order valence-electron chi connectivity index (χ4n) is 1.79. The van der Waals surface area contributed by atoms with Gasteiger partial charge in [-0.05, 0) is 23.6 Å². The van der Waals surface area contributed by atoms with E-state index in [2.05, 4.69) is 15.0 Å². The lowest BCUT2D eigenvalue weighted by atomic mass is 10.1. The molecule has 1 unspecified atom stereocenters. The number of aromatic nitrogens is 1. The molecule has 0 radical (unpaired) electrons. The summed E-state index contributed by atoms with van der Waals surface area (Å²) in [5, 5.41) is 3.50. The second kappa shape index (κ2) is 4.63. The smallest absolute Gasteiger partial charge is 0.228 e. The SMILES string of the molecule is [N-]=[N+]=NCC1CC(=O)N(c2ccccn2)C1. The third kappa shape index (κ3) is 2.12. The van der Waals surface area contributed by atoms with Crippen LogP contribution in [0.25, 0.3) is 10.4 Å². The van der Waals surface area contributed by atoms with E-state index in [4.69, 9.17) is 5.53 Å². The Bertz CT molecular complexity index is 426. The standard InChI is InChI=1S/C10H11N5O/c11-14-13-6-8-5-10(16)15(7-8)9-3-1-2-4-12-9/h1-4,8H,5-7H2. The van der Waals surface area contributed by atoms with Gasteiger partial charge in [0.15, 0.2) is 0 Å². The molecule has 16 heavy (non-hydrogen) atoms. The highest BCUT2D eigenvalue weighted by atomic mass is 16.2. The largest absolute Gasteiger partial charge is 0.297 e. The Labute approximate surface area is 92.5 Å². The first-order chi connectivity index (χ1) is 7.81. The van der Waals surface area contributed by atoms with Gasteiger partial charge < -0.3 is 0 Å². The van der Waals surface area contributed by atoms with E-state index < -0.39 is 0 Å². The van der Waals surface area contributed by atoms with Crippen molar-refractivity contribution in [3.8, 4) is 0 Å². The number of azide groups is 1. The summed E-state index contributed by atoms with van der Waals surface area (Å²) in [4.78, 5) is 20.2. The maximum atomic E-state index is 11.7. The first-order valence-electron chi connectivity index (χ1n) is 5.03. The van der Waals surface area contributed by atoms with E-state index in [1.165, 1.54) is 0 Å². The van der Waals surface area contributed by atoms with Crippen LogP contribution in [0, 0.1) is 5.92 Å². The number of carbonyl (C=O) groups is 1. The molecule has 0 N–H and O–H groups in total. The van der Waals surface area contributed by atoms with Gasteiger partial charge >= 0.3 is 0 Å². The molecule has 1 saturated heterocycles. The minimum Gasteiger partial charge on any atom is -0.297 e. The minimum absolute atomic E-state index is 0.0387. The third-order valence-corrected chi connectivity index (χ3v) is 2.53. The number of hydrogen-bond acceptors (Lipinski definition) is 3. The molecule has 1 aliphatic heterocycles. The fourth-order valence-corrected chi connectivity index (χ4v) is 1.79. The Morgan fingerprint density at radius 2 is 2.50 bits per heavy atom. The van der Waals surface area contributed by atoms with E-state index in [1.54, 1.807) is 17.2 Å². The van der Waals surface area contributed by atoms with Crippen LogP contribution in [-0.4, -0.2) is 24.0 Å². The molecule has 6 nitrogen and oxygen atoms in total. The van der Waals surface area contributed by atoms with Gasteiger partial charge in [-0.15, -0.1) is 0 Å². The molecule has 1 atom stereocenters. The van der Waals surface area contributed by atoms with Gasteiger partial charge in [-0.1, -0.05) is 11.2 Å². The summed E-state index contributed by atoms with van der Waals surface area (Å²) in [7, 11) is 0. The Balaban J connectivity index is 2.08. The van der Waals surface area contributed by atoms with Crippen LogP contribution in [-0.2, 0) is 4.79 Å². The van der Waals surface area contributed by atoms with Crippen LogP contribution in [0.4, 0.5) is 5.82 Å². The Morgan fingerprint density at radius 3 is 3.19 bits per heavy atom. The monoisotopic (exact) mass is 217 g/mol. The quantitative estimate of drug-likeness (QED) is 0.439. The molecule has 0 bridgehead atoms. The summed E-state index contributed by atoms with van der Waals surface area (Å²) in [6, 6.07) is 5.45. The molecule has 1 fully saturated rings. The third-order valence-electron chi connectivity index (χ3n) is 2.53. The average Bonchev–Trinajstić information content (AvgIpc) is 2.69. The highest BCUT2D eigenvalue weighted by molar-refractivity contribution is 5.94. The number of carbonyl (C=O) groups excluding carboxylic acids is 1. The van der Waals surface area contributed by atoms with Gasteiger partial charge in [0, 0.05) is 30.6 Å². The van der Waals surface area contributed by atoms with Crippen LogP contribution in [0.5, 0.6) is 0 Å². The van der Waals surface area contributed by atoms with Crippen molar-refractivity contribution in [2.75, 3.05) is 18.0 Å². The lowest BCUT2D eigenvalue weighted by Gasteiger charge is -2.14. The van der Waals surface area contributed by atoms with Crippen molar-refractivity contribution in [2.45, 2.75) is 6.42 Å². The average molecular weight is 217 g/mol. The second-order valence-electron chi connectivity index (χ2n) is 3.68. The predicted octanol–water partition coefficient (Wildman–Crippen LogP) is 1.74. The van der Waals surface area contributed by atoms with Crippen LogP contribution < -0.4 is 4.90 Å². The van der Waals surface area contributed by atoms with E-state index in [-0.39, 0.29) is 11.8 Å². The number of nitrogens with zero attached hydrogens (tertiary/aromatic N) is 5. The lowest BCUT2D eigenvalue weighted by Crippen LogP contribution is -2.25. The first kappa shape index (κ1) is 10.4. The topological polar surface area (TPSA) is 82.0 Å². The van der Waals surface area contributed by atoms with Crippen molar-refractivity contribution >= 4 is 11.7 Å². The van der Waals surface area contributed by atoms with Gasteiger partial charge in [-0.2, -0.15) is 0 Å². The van der Waals surface area contributed by atoms with E-state index in [9.17, 15) is 4.79 Å². The summed E-state index contributed by atoms with van der Waals surface area (Å²) >= 11 is 0. The molecular formula is C10H11N5O. The van der Waals surface area contributed by atoms with Gasteiger partial charge in [-0.3, -0.25) is 9.69 Å². The van der Waals surface area contributed by atoms with Gasteiger partial charge in [0.25, 0.3) is 0 Å². The molecule has 0 spiro atoms. The van der Waals surface area contributed by atoms with Crippen LogP contribution in [0.1, 0.15) is 6.42 Å². The Morgan fingerprint density at radius 1 is 1.62 bits per heavy atom. The first-order valence-corrected chi connectivity index (χ1v) is 5.03. The van der Waals surface area contributed by atoms with Crippen molar-refractivity contribution in [3.05, 3.63) is 34.8 Å². The number of amides is 1. The van der Waals surface area contributed by atoms with Gasteiger partial charge in [0.05, 0.1) is 0 Å². The Kier molecular flexibility index (Phi) is 3.03. The van der Waals surface area contributed by atoms with Crippen molar-refractivity contribution < 1.29 is 4.79 Å². The summed E-state index contributed by atoms with van der Waals surface area (Å²) in [6.07, 6.45) is 2.08. The van der Waals surface area contributed by atoms with Gasteiger partial charge in [0.1, 0.15) is 5.82 Å². The number of pyridine rings is 1. The molecule has 1 aliphatic rings. The van der Waals surface area contributed by atoms with Crippen LogP contribution in [0.15, 0.2) is 29.5 Å². The molecule has 6 heteroatoms. The van der Waals surface area contributed by atoms with Crippen LogP contribution >= 0.6 is 0 Å². The summed E-state index contributed by atoms with van der Waals surface area (Å²) < 4.78 is 0. The highest BCUT2D eigenvalue weighted by Crippen LogP contribution is 2.23. The van der Waals surface area contributed by atoms with Gasteiger partial charge in [-0.25, -0.2) is 4.98 Å². The summed E-state index contributed by atoms with van der Waals surface area (Å²) in [5.74, 6) is 0.804. The summed E-state index contributed by atoms with van der Waals surface area (Å²) in [5.41, 5.74) is 8.22. The zero-order chi connectivity index (χ0) is 11.4. The second-order valence-corrected chi connectivity index (χ2v) is 3.68. The molecule has 2 rings (SSSR count). The molecule has 0 aromatic carbocycles. The maximum absolute atomic E-state index is 11.7. The van der Waals surface area contributed by atoms with Crippen molar-refractivity contribution in [2.24, 2.45) is 11.0 Å². The highest BCUT2D eigenvalue weighted by Gasteiger charge is 2.30. The molecule has 1 amide bonds. The Hall–Kier alpha value is -2.07. The molecule has 0 saturated carbocycles.